The van der Waals surface area contributed by atoms with Gasteiger partial charge in [-0.2, -0.15) is 4.98 Å². The number of halogens is 1. The van der Waals surface area contributed by atoms with Crippen LogP contribution in [0.2, 0.25) is 5.02 Å². The normalized spacial score (nSPS) is 17.0. The number of Topliss-reactive ketones (excluding diaryl/α,β-unsaturated/α-hetero) is 1. The van der Waals surface area contributed by atoms with E-state index in [1.807, 2.05) is 47.1 Å². The van der Waals surface area contributed by atoms with E-state index in [9.17, 15) is 4.79 Å². The molecule has 182 valence electrons. The minimum atomic E-state index is -0.384. The summed E-state index contributed by atoms with van der Waals surface area (Å²) < 4.78 is 13.3. The third-order valence-electron chi connectivity index (χ3n) is 6.13. The first-order valence-electron chi connectivity index (χ1n) is 11.8. The largest absolute Gasteiger partial charge is 0.493 e. The molecule has 1 aliphatic heterocycles. The lowest BCUT2D eigenvalue weighted by Crippen LogP contribution is -2.31. The molecule has 0 spiro atoms. The summed E-state index contributed by atoms with van der Waals surface area (Å²) in [6.07, 6.45) is 3.07. The number of nitrogens with zero attached hydrogens (tertiary/aromatic N) is 3. The Morgan fingerprint density at radius 1 is 1.20 bits per heavy atom. The van der Waals surface area contributed by atoms with Crippen LogP contribution < -0.4 is 14.8 Å². The topological polar surface area (TPSA) is 78.3 Å². The zero-order valence-electron chi connectivity index (χ0n) is 19.7. The standard InChI is InChI=1S/C26H27ClN4O3S/c1-3-13-34-21-12-11-16(14-22(21)33-2)24-23-19(9-6-10-20(23)32)28-25-29-26(30-31(24)25)35-15-17-7-4-5-8-18(17)27/h4-5,7-8,11-12,14,24H,3,6,9-10,13,15H2,1-2H3,(H,28,29,30). The molecule has 0 bridgehead atoms. The Labute approximate surface area is 213 Å². The summed E-state index contributed by atoms with van der Waals surface area (Å²) in [5.74, 6) is 2.74. The molecule has 0 saturated heterocycles. The van der Waals surface area contributed by atoms with Crippen molar-refractivity contribution in [2.75, 3.05) is 19.0 Å². The Hall–Kier alpha value is -2.97. The lowest BCUT2D eigenvalue weighted by atomic mass is 9.85. The number of hydrogen-bond acceptors (Lipinski definition) is 7. The van der Waals surface area contributed by atoms with Crippen molar-refractivity contribution in [3.63, 3.8) is 0 Å². The summed E-state index contributed by atoms with van der Waals surface area (Å²) in [6, 6.07) is 13.2. The summed E-state index contributed by atoms with van der Waals surface area (Å²) in [5.41, 5.74) is 3.61. The molecule has 5 rings (SSSR count). The highest BCUT2D eigenvalue weighted by Gasteiger charge is 2.37. The molecule has 1 unspecified atom stereocenters. The van der Waals surface area contributed by atoms with Crippen molar-refractivity contribution < 1.29 is 14.3 Å². The summed E-state index contributed by atoms with van der Waals surface area (Å²) in [5, 5.41) is 9.54. The number of allylic oxidation sites excluding steroid dienone is 2. The molecule has 3 aromatic rings. The van der Waals surface area contributed by atoms with Crippen LogP contribution in [0.1, 0.15) is 49.8 Å². The molecule has 0 saturated carbocycles. The van der Waals surface area contributed by atoms with Gasteiger partial charge in [0, 0.05) is 28.5 Å². The Bertz CT molecular complexity index is 1290. The minimum Gasteiger partial charge on any atom is -0.493 e. The fourth-order valence-corrected chi connectivity index (χ4v) is 5.56. The molecule has 0 fully saturated rings. The first-order valence-corrected chi connectivity index (χ1v) is 13.1. The van der Waals surface area contributed by atoms with Gasteiger partial charge in [0.25, 0.3) is 0 Å². The minimum absolute atomic E-state index is 0.139. The Kier molecular flexibility index (Phi) is 7.02. The number of anilines is 1. The molecule has 1 aliphatic carbocycles. The van der Waals surface area contributed by atoms with Gasteiger partial charge in [0.2, 0.25) is 11.1 Å². The molecular formula is C26H27ClN4O3S. The van der Waals surface area contributed by atoms with Gasteiger partial charge in [-0.05, 0) is 48.6 Å². The third kappa shape index (κ3) is 4.77. The zero-order chi connectivity index (χ0) is 24.4. The van der Waals surface area contributed by atoms with Crippen LogP contribution in [0.25, 0.3) is 0 Å². The zero-order valence-corrected chi connectivity index (χ0v) is 21.3. The first kappa shape index (κ1) is 23.8. The molecule has 2 heterocycles. The Morgan fingerprint density at radius 2 is 2.06 bits per heavy atom. The highest BCUT2D eigenvalue weighted by molar-refractivity contribution is 7.98. The molecule has 7 nitrogen and oxygen atoms in total. The summed E-state index contributed by atoms with van der Waals surface area (Å²) >= 11 is 7.84. The average Bonchev–Trinajstić information content (AvgIpc) is 3.28. The number of ether oxygens (including phenoxy) is 2. The van der Waals surface area contributed by atoms with Crippen molar-refractivity contribution in [1.29, 1.82) is 0 Å². The van der Waals surface area contributed by atoms with Crippen LogP contribution in [0.15, 0.2) is 58.9 Å². The fraction of sp³-hybridized carbons (Fsp3) is 0.346. The van der Waals surface area contributed by atoms with Crippen molar-refractivity contribution in [2.24, 2.45) is 0 Å². The van der Waals surface area contributed by atoms with Gasteiger partial charge in [-0.25, -0.2) is 4.68 Å². The van der Waals surface area contributed by atoms with E-state index in [1.54, 1.807) is 7.11 Å². The predicted octanol–water partition coefficient (Wildman–Crippen LogP) is 6.04. The van der Waals surface area contributed by atoms with E-state index in [4.69, 9.17) is 31.2 Å². The number of rotatable bonds is 8. The number of fused-ring (bicyclic) bond motifs is 1. The smallest absolute Gasteiger partial charge is 0.227 e. The van der Waals surface area contributed by atoms with Gasteiger partial charge >= 0.3 is 0 Å². The third-order valence-corrected chi connectivity index (χ3v) is 7.38. The number of carbonyl (C=O) groups is 1. The van der Waals surface area contributed by atoms with Gasteiger partial charge < -0.3 is 14.8 Å². The van der Waals surface area contributed by atoms with Gasteiger partial charge in [-0.15, -0.1) is 5.10 Å². The van der Waals surface area contributed by atoms with E-state index in [2.05, 4.69) is 12.2 Å². The lowest BCUT2D eigenvalue weighted by Gasteiger charge is -2.32. The Morgan fingerprint density at radius 3 is 2.86 bits per heavy atom. The van der Waals surface area contributed by atoms with E-state index in [1.165, 1.54) is 11.8 Å². The SMILES string of the molecule is CCCOc1ccc(C2C3=C(CCCC3=O)Nc3nc(SCc4ccccc4Cl)nn32)cc1OC. The molecule has 35 heavy (non-hydrogen) atoms. The molecule has 1 atom stereocenters. The van der Waals surface area contributed by atoms with Gasteiger partial charge in [-0.1, -0.05) is 54.6 Å². The van der Waals surface area contributed by atoms with Crippen LogP contribution in [0.4, 0.5) is 5.95 Å². The Balaban J connectivity index is 1.51. The number of ketones is 1. The predicted molar refractivity (Wildman–Crippen MR) is 137 cm³/mol. The molecule has 0 amide bonds. The van der Waals surface area contributed by atoms with Crippen molar-refractivity contribution in [2.45, 2.75) is 49.6 Å². The monoisotopic (exact) mass is 510 g/mol. The van der Waals surface area contributed by atoms with Crippen LogP contribution in [-0.2, 0) is 10.5 Å². The number of carbonyl (C=O) groups excluding carboxylic acids is 1. The van der Waals surface area contributed by atoms with Crippen molar-refractivity contribution in [3.8, 4) is 11.5 Å². The summed E-state index contributed by atoms with van der Waals surface area (Å²) in [7, 11) is 1.63. The van der Waals surface area contributed by atoms with E-state index in [0.29, 0.717) is 41.4 Å². The molecular weight excluding hydrogens is 484 g/mol. The second-order valence-electron chi connectivity index (χ2n) is 8.50. The molecule has 2 aromatic carbocycles. The van der Waals surface area contributed by atoms with Crippen molar-refractivity contribution >= 4 is 35.1 Å². The van der Waals surface area contributed by atoms with Gasteiger partial charge in [0.1, 0.15) is 6.04 Å². The maximum Gasteiger partial charge on any atom is 0.227 e. The van der Waals surface area contributed by atoms with E-state index in [-0.39, 0.29) is 11.8 Å². The van der Waals surface area contributed by atoms with Crippen molar-refractivity contribution in [3.05, 3.63) is 69.9 Å². The van der Waals surface area contributed by atoms with E-state index < -0.39 is 0 Å². The van der Waals surface area contributed by atoms with E-state index in [0.717, 1.165) is 46.7 Å². The van der Waals surface area contributed by atoms with Gasteiger partial charge in [-0.3, -0.25) is 4.79 Å². The van der Waals surface area contributed by atoms with Crippen LogP contribution in [-0.4, -0.2) is 34.3 Å². The average molecular weight is 511 g/mol. The highest BCUT2D eigenvalue weighted by atomic mass is 35.5. The molecule has 9 heteroatoms. The van der Waals surface area contributed by atoms with Crippen LogP contribution >= 0.6 is 23.4 Å². The first-order chi connectivity index (χ1) is 17.1. The van der Waals surface area contributed by atoms with E-state index >= 15 is 0 Å². The fourth-order valence-electron chi connectivity index (χ4n) is 4.45. The lowest BCUT2D eigenvalue weighted by molar-refractivity contribution is -0.116. The number of nitrogens with one attached hydrogen (secondary N) is 1. The maximum absolute atomic E-state index is 13.1. The number of benzene rings is 2. The van der Waals surface area contributed by atoms with Crippen LogP contribution in [0, 0.1) is 0 Å². The molecule has 1 N–H and O–H groups in total. The van der Waals surface area contributed by atoms with Crippen LogP contribution in [0.5, 0.6) is 11.5 Å². The summed E-state index contributed by atoms with van der Waals surface area (Å²) in [6.45, 7) is 2.67. The number of hydrogen-bond donors (Lipinski definition) is 1. The molecule has 0 radical (unpaired) electrons. The van der Waals surface area contributed by atoms with Gasteiger partial charge in [0.05, 0.1) is 13.7 Å². The quantitative estimate of drug-likeness (QED) is 0.370. The second kappa shape index (κ2) is 10.3. The van der Waals surface area contributed by atoms with Crippen LogP contribution in [0.3, 0.4) is 0 Å². The van der Waals surface area contributed by atoms with Crippen molar-refractivity contribution in [1.82, 2.24) is 14.8 Å². The van der Waals surface area contributed by atoms with Gasteiger partial charge in [0.15, 0.2) is 17.3 Å². The molecule has 1 aromatic heterocycles. The highest BCUT2D eigenvalue weighted by Crippen LogP contribution is 2.42. The number of thioether (sulfide) groups is 1. The second-order valence-corrected chi connectivity index (χ2v) is 9.85. The summed E-state index contributed by atoms with van der Waals surface area (Å²) in [4.78, 5) is 17.9. The number of methoxy groups -OCH3 is 1. The molecule has 2 aliphatic rings. The number of aromatic nitrogens is 3. The maximum atomic E-state index is 13.1.